The quantitative estimate of drug-likeness (QED) is 0.651. The van der Waals surface area contributed by atoms with Gasteiger partial charge in [-0.1, -0.05) is 78.9 Å². The van der Waals surface area contributed by atoms with Crippen LogP contribution in [0.25, 0.3) is 0 Å². The van der Waals surface area contributed by atoms with Crippen molar-refractivity contribution in [1.29, 1.82) is 0 Å². The fraction of sp³-hybridized carbons (Fsp3) is 0.136. The van der Waals surface area contributed by atoms with Crippen LogP contribution in [0.4, 0.5) is 5.69 Å². The van der Waals surface area contributed by atoms with E-state index in [1.165, 1.54) is 0 Å². The Hall–Kier alpha value is -2.91. The summed E-state index contributed by atoms with van der Waals surface area (Å²) in [5, 5.41) is 0. The molecular weight excluding hydrogens is 310 g/mol. The number of ether oxygens (including phenoxy) is 1. The number of amides is 1. The second-order valence-electron chi connectivity index (χ2n) is 6.12. The van der Waals surface area contributed by atoms with Crippen molar-refractivity contribution in [3.63, 3.8) is 0 Å². The Bertz CT molecular complexity index is 834. The zero-order valence-electron chi connectivity index (χ0n) is 13.8. The highest BCUT2D eigenvalue weighted by molar-refractivity contribution is 6.05. The lowest BCUT2D eigenvalue weighted by Gasteiger charge is -2.46. The highest BCUT2D eigenvalue weighted by atomic mass is 16.5. The standard InChI is InChI=1S/C22H19NO2/c24-22-21(25-16-17-10-4-1-5-11-17)20(18-12-6-2-7-13-18)23(22)19-14-8-3-9-15-19/h1-15,20-21H,16H2. The molecule has 3 aromatic rings. The number of para-hydroxylation sites is 1. The number of hydrogen-bond acceptors (Lipinski definition) is 2. The van der Waals surface area contributed by atoms with E-state index in [4.69, 9.17) is 4.74 Å². The van der Waals surface area contributed by atoms with Crippen molar-refractivity contribution in [2.75, 3.05) is 4.90 Å². The molecule has 1 fully saturated rings. The monoisotopic (exact) mass is 329 g/mol. The Balaban J connectivity index is 1.59. The molecule has 124 valence electrons. The molecular formula is C22H19NO2. The number of anilines is 1. The molecule has 1 aliphatic heterocycles. The van der Waals surface area contributed by atoms with Gasteiger partial charge in [-0.05, 0) is 23.3 Å². The predicted molar refractivity (Wildman–Crippen MR) is 98.1 cm³/mol. The summed E-state index contributed by atoms with van der Waals surface area (Å²) in [5.74, 6) is 0.0102. The molecule has 0 bridgehead atoms. The molecule has 1 heterocycles. The SMILES string of the molecule is O=C1C(OCc2ccccc2)C(c2ccccc2)N1c1ccccc1. The van der Waals surface area contributed by atoms with Crippen LogP contribution in [-0.2, 0) is 16.1 Å². The van der Waals surface area contributed by atoms with Gasteiger partial charge in [0.1, 0.15) is 0 Å². The van der Waals surface area contributed by atoms with Crippen LogP contribution in [0.5, 0.6) is 0 Å². The Labute approximate surface area is 147 Å². The van der Waals surface area contributed by atoms with Gasteiger partial charge in [0.15, 0.2) is 6.10 Å². The van der Waals surface area contributed by atoms with Gasteiger partial charge in [0.25, 0.3) is 5.91 Å². The van der Waals surface area contributed by atoms with Gasteiger partial charge in [-0.2, -0.15) is 0 Å². The second-order valence-corrected chi connectivity index (χ2v) is 6.12. The van der Waals surface area contributed by atoms with E-state index in [0.717, 1.165) is 16.8 Å². The third-order valence-corrected chi connectivity index (χ3v) is 4.49. The van der Waals surface area contributed by atoms with Crippen LogP contribution < -0.4 is 4.90 Å². The van der Waals surface area contributed by atoms with Gasteiger partial charge in [0.05, 0.1) is 12.6 Å². The first kappa shape index (κ1) is 15.6. The van der Waals surface area contributed by atoms with Gasteiger partial charge in [0.2, 0.25) is 0 Å². The number of β-lactam (4-membered cyclic amide) rings is 1. The van der Waals surface area contributed by atoms with Gasteiger partial charge >= 0.3 is 0 Å². The maximum Gasteiger partial charge on any atom is 0.259 e. The van der Waals surface area contributed by atoms with Crippen LogP contribution in [0.1, 0.15) is 17.2 Å². The van der Waals surface area contributed by atoms with Crippen LogP contribution in [0.15, 0.2) is 91.0 Å². The van der Waals surface area contributed by atoms with Gasteiger partial charge in [-0.15, -0.1) is 0 Å². The van der Waals surface area contributed by atoms with Crippen LogP contribution in [0, 0.1) is 0 Å². The smallest absolute Gasteiger partial charge is 0.259 e. The predicted octanol–water partition coefficient (Wildman–Crippen LogP) is 4.36. The Kier molecular flexibility index (Phi) is 4.32. The molecule has 1 amide bonds. The van der Waals surface area contributed by atoms with E-state index in [0.29, 0.717) is 6.61 Å². The number of rotatable bonds is 5. The summed E-state index contributed by atoms with van der Waals surface area (Å²) in [7, 11) is 0. The minimum Gasteiger partial charge on any atom is -0.361 e. The van der Waals surface area contributed by atoms with E-state index in [2.05, 4.69) is 0 Å². The highest BCUT2D eigenvalue weighted by Crippen LogP contribution is 2.40. The van der Waals surface area contributed by atoms with Gasteiger partial charge in [-0.25, -0.2) is 0 Å². The summed E-state index contributed by atoms with van der Waals surface area (Å²) in [6.45, 7) is 0.434. The molecule has 1 saturated heterocycles. The molecule has 4 rings (SSSR count). The molecule has 25 heavy (non-hydrogen) atoms. The zero-order valence-corrected chi connectivity index (χ0v) is 13.8. The van der Waals surface area contributed by atoms with E-state index in [1.807, 2.05) is 95.9 Å². The van der Waals surface area contributed by atoms with Crippen molar-refractivity contribution >= 4 is 11.6 Å². The number of benzene rings is 3. The molecule has 0 saturated carbocycles. The normalized spacial score (nSPS) is 19.5. The Morgan fingerprint density at radius 3 is 1.96 bits per heavy atom. The summed E-state index contributed by atoms with van der Waals surface area (Å²) >= 11 is 0. The first-order valence-corrected chi connectivity index (χ1v) is 8.43. The van der Waals surface area contributed by atoms with Crippen LogP contribution in [-0.4, -0.2) is 12.0 Å². The lowest BCUT2D eigenvalue weighted by atomic mass is 9.89. The topological polar surface area (TPSA) is 29.5 Å². The van der Waals surface area contributed by atoms with Gasteiger partial charge in [0, 0.05) is 5.69 Å². The molecule has 3 heteroatoms. The fourth-order valence-corrected chi connectivity index (χ4v) is 3.24. The van der Waals surface area contributed by atoms with Crippen LogP contribution in [0.2, 0.25) is 0 Å². The van der Waals surface area contributed by atoms with E-state index in [1.54, 1.807) is 0 Å². The van der Waals surface area contributed by atoms with Crippen LogP contribution >= 0.6 is 0 Å². The third kappa shape index (κ3) is 3.06. The maximum absolute atomic E-state index is 12.8. The van der Waals surface area contributed by atoms with E-state index in [9.17, 15) is 4.79 Å². The largest absolute Gasteiger partial charge is 0.361 e. The number of hydrogen-bond donors (Lipinski definition) is 0. The molecule has 3 aromatic carbocycles. The van der Waals surface area contributed by atoms with Crippen molar-refractivity contribution in [2.45, 2.75) is 18.8 Å². The fourth-order valence-electron chi connectivity index (χ4n) is 3.24. The van der Waals surface area contributed by atoms with Crippen molar-refractivity contribution in [3.8, 4) is 0 Å². The Morgan fingerprint density at radius 1 is 0.760 bits per heavy atom. The summed E-state index contributed by atoms with van der Waals surface area (Å²) in [5.41, 5.74) is 3.06. The van der Waals surface area contributed by atoms with E-state index < -0.39 is 6.10 Å². The molecule has 0 aromatic heterocycles. The zero-order chi connectivity index (χ0) is 17.1. The van der Waals surface area contributed by atoms with Crippen molar-refractivity contribution < 1.29 is 9.53 Å². The van der Waals surface area contributed by atoms with E-state index in [-0.39, 0.29) is 11.9 Å². The molecule has 1 aliphatic rings. The van der Waals surface area contributed by atoms with Gasteiger partial charge in [-0.3, -0.25) is 9.69 Å². The van der Waals surface area contributed by atoms with Crippen molar-refractivity contribution in [3.05, 3.63) is 102 Å². The molecule has 2 atom stereocenters. The minimum atomic E-state index is -0.456. The summed E-state index contributed by atoms with van der Waals surface area (Å²) < 4.78 is 6.00. The first-order chi connectivity index (χ1) is 12.3. The lowest BCUT2D eigenvalue weighted by Crippen LogP contribution is -2.60. The second kappa shape index (κ2) is 6.91. The molecule has 0 aliphatic carbocycles. The van der Waals surface area contributed by atoms with Crippen LogP contribution in [0.3, 0.4) is 0 Å². The average molecular weight is 329 g/mol. The lowest BCUT2D eigenvalue weighted by molar-refractivity contribution is -0.143. The molecule has 0 spiro atoms. The summed E-state index contributed by atoms with van der Waals surface area (Å²) in [6, 6.07) is 29.7. The average Bonchev–Trinajstić information content (AvgIpc) is 2.68. The molecule has 0 radical (unpaired) electrons. The third-order valence-electron chi connectivity index (χ3n) is 4.49. The van der Waals surface area contributed by atoms with Gasteiger partial charge < -0.3 is 4.74 Å². The molecule has 2 unspecified atom stereocenters. The van der Waals surface area contributed by atoms with Crippen molar-refractivity contribution in [2.24, 2.45) is 0 Å². The first-order valence-electron chi connectivity index (χ1n) is 8.43. The minimum absolute atomic E-state index is 0.0102. The Morgan fingerprint density at radius 2 is 1.32 bits per heavy atom. The number of nitrogens with zero attached hydrogens (tertiary/aromatic N) is 1. The van der Waals surface area contributed by atoms with E-state index >= 15 is 0 Å². The molecule has 0 N–H and O–H groups in total. The molecule has 3 nitrogen and oxygen atoms in total. The van der Waals surface area contributed by atoms with Crippen molar-refractivity contribution in [1.82, 2.24) is 0 Å². The summed E-state index contributed by atoms with van der Waals surface area (Å²) in [6.07, 6.45) is -0.456. The number of carbonyl (C=O) groups excluding carboxylic acids is 1. The number of carbonyl (C=O) groups is 1. The summed E-state index contributed by atoms with van der Waals surface area (Å²) in [4.78, 5) is 14.6. The maximum atomic E-state index is 12.8. The highest BCUT2D eigenvalue weighted by Gasteiger charge is 2.49.